The molecule has 2 aliphatic rings. The first-order chi connectivity index (χ1) is 13.6. The van der Waals surface area contributed by atoms with Crippen molar-refractivity contribution in [2.75, 3.05) is 13.1 Å². The van der Waals surface area contributed by atoms with Gasteiger partial charge in [0, 0.05) is 25.2 Å². The van der Waals surface area contributed by atoms with Crippen LogP contribution in [0.3, 0.4) is 0 Å². The van der Waals surface area contributed by atoms with Crippen LogP contribution in [-0.2, 0) is 6.42 Å². The van der Waals surface area contributed by atoms with Crippen molar-refractivity contribution in [1.29, 1.82) is 0 Å². The predicted molar refractivity (Wildman–Crippen MR) is 106 cm³/mol. The number of likely N-dealkylation sites (tertiary alicyclic amines) is 1. The fourth-order valence-electron chi connectivity index (χ4n) is 3.98. The van der Waals surface area contributed by atoms with Gasteiger partial charge in [0.2, 0.25) is 0 Å². The van der Waals surface area contributed by atoms with Crippen LogP contribution in [0.25, 0.3) is 0 Å². The van der Waals surface area contributed by atoms with E-state index >= 15 is 0 Å². The lowest BCUT2D eigenvalue weighted by Crippen LogP contribution is -2.43. The van der Waals surface area contributed by atoms with Crippen LogP contribution in [0, 0.1) is 5.92 Å². The summed E-state index contributed by atoms with van der Waals surface area (Å²) in [6.07, 6.45) is 6.27. The highest BCUT2D eigenvalue weighted by Gasteiger charge is 2.30. The van der Waals surface area contributed by atoms with E-state index in [1.807, 2.05) is 18.2 Å². The molecule has 1 aromatic heterocycles. The lowest BCUT2D eigenvalue weighted by Gasteiger charge is -2.34. The van der Waals surface area contributed by atoms with Gasteiger partial charge in [0.25, 0.3) is 11.5 Å². The SMILES string of the molecule is O=C(c1cnc(C2CC2)[nH]c1=O)N1CCC(C(O)CCc2ccccc2)CC1. The topological polar surface area (TPSA) is 86.3 Å². The second-order valence-corrected chi connectivity index (χ2v) is 8.01. The van der Waals surface area contributed by atoms with Gasteiger partial charge in [-0.05, 0) is 50.0 Å². The smallest absolute Gasteiger partial charge is 0.263 e. The van der Waals surface area contributed by atoms with Gasteiger partial charge in [-0.2, -0.15) is 0 Å². The van der Waals surface area contributed by atoms with Crippen molar-refractivity contribution in [3.05, 3.63) is 63.8 Å². The molecule has 1 aliphatic heterocycles. The second-order valence-electron chi connectivity index (χ2n) is 8.01. The molecular formula is C22H27N3O3. The molecule has 2 aromatic rings. The van der Waals surface area contributed by atoms with E-state index in [1.54, 1.807) is 4.90 Å². The van der Waals surface area contributed by atoms with Crippen molar-refractivity contribution in [2.45, 2.75) is 50.5 Å². The van der Waals surface area contributed by atoms with Gasteiger partial charge in [-0.3, -0.25) is 9.59 Å². The van der Waals surface area contributed by atoms with Crippen molar-refractivity contribution >= 4 is 5.91 Å². The summed E-state index contributed by atoms with van der Waals surface area (Å²) >= 11 is 0. The molecule has 6 heteroatoms. The maximum atomic E-state index is 12.7. The number of aliphatic hydroxyl groups excluding tert-OH is 1. The summed E-state index contributed by atoms with van der Waals surface area (Å²) in [5, 5.41) is 10.5. The Hall–Kier alpha value is -2.47. The number of rotatable bonds is 6. The third-order valence-electron chi connectivity index (χ3n) is 5.96. The van der Waals surface area contributed by atoms with Gasteiger partial charge in [0.1, 0.15) is 11.4 Å². The monoisotopic (exact) mass is 381 g/mol. The first kappa shape index (κ1) is 18.9. The maximum Gasteiger partial charge on any atom is 0.263 e. The van der Waals surface area contributed by atoms with Crippen LogP contribution in [0.2, 0.25) is 0 Å². The van der Waals surface area contributed by atoms with Crippen molar-refractivity contribution in [3.63, 3.8) is 0 Å². The highest BCUT2D eigenvalue weighted by Crippen LogP contribution is 2.37. The fourth-order valence-corrected chi connectivity index (χ4v) is 3.98. The molecule has 28 heavy (non-hydrogen) atoms. The number of amides is 1. The Morgan fingerprint density at radius 1 is 1.18 bits per heavy atom. The number of hydrogen-bond donors (Lipinski definition) is 2. The van der Waals surface area contributed by atoms with Crippen LogP contribution in [0.5, 0.6) is 0 Å². The van der Waals surface area contributed by atoms with Crippen molar-refractivity contribution in [1.82, 2.24) is 14.9 Å². The average molecular weight is 381 g/mol. The standard InChI is InChI=1S/C22H27N3O3/c26-19(9-6-15-4-2-1-3-5-15)16-10-12-25(13-11-16)22(28)18-14-23-20(17-7-8-17)24-21(18)27/h1-5,14,16-17,19,26H,6-13H2,(H,23,24,27). The zero-order valence-electron chi connectivity index (χ0n) is 16.0. The van der Waals surface area contributed by atoms with Crippen molar-refractivity contribution in [2.24, 2.45) is 5.92 Å². The van der Waals surface area contributed by atoms with Crippen LogP contribution in [-0.4, -0.2) is 45.1 Å². The number of nitrogens with zero attached hydrogens (tertiary/aromatic N) is 2. The molecule has 148 valence electrons. The van der Waals surface area contributed by atoms with Gasteiger partial charge in [-0.25, -0.2) is 4.98 Å². The van der Waals surface area contributed by atoms with E-state index in [0.29, 0.717) is 24.8 Å². The Kier molecular flexibility index (Phi) is 5.57. The summed E-state index contributed by atoms with van der Waals surface area (Å²) in [5.41, 5.74) is 1.01. The van der Waals surface area contributed by atoms with Gasteiger partial charge in [-0.15, -0.1) is 0 Å². The molecule has 1 unspecified atom stereocenters. The second kappa shape index (κ2) is 8.27. The lowest BCUT2D eigenvalue weighted by molar-refractivity contribution is 0.0435. The molecule has 1 aromatic carbocycles. The van der Waals surface area contributed by atoms with Gasteiger partial charge >= 0.3 is 0 Å². The van der Waals surface area contributed by atoms with Gasteiger partial charge < -0.3 is 15.0 Å². The number of carbonyl (C=O) groups is 1. The molecule has 1 saturated carbocycles. The van der Waals surface area contributed by atoms with E-state index in [2.05, 4.69) is 22.1 Å². The molecule has 1 aliphatic carbocycles. The predicted octanol–water partition coefficient (Wildman–Crippen LogP) is 2.49. The fraction of sp³-hybridized carbons (Fsp3) is 0.500. The molecule has 4 rings (SSSR count). The van der Waals surface area contributed by atoms with E-state index in [4.69, 9.17) is 0 Å². The minimum Gasteiger partial charge on any atom is -0.393 e. The molecule has 1 atom stereocenters. The van der Waals surface area contributed by atoms with E-state index in [-0.39, 0.29) is 29.1 Å². The largest absolute Gasteiger partial charge is 0.393 e. The van der Waals surface area contributed by atoms with E-state index in [9.17, 15) is 14.7 Å². The van der Waals surface area contributed by atoms with Gasteiger partial charge in [-0.1, -0.05) is 30.3 Å². The van der Waals surface area contributed by atoms with E-state index in [1.165, 1.54) is 11.8 Å². The average Bonchev–Trinajstić information content (AvgIpc) is 3.58. The van der Waals surface area contributed by atoms with Crippen molar-refractivity contribution in [3.8, 4) is 0 Å². The molecule has 1 amide bonds. The number of hydrogen-bond acceptors (Lipinski definition) is 4. The summed E-state index contributed by atoms with van der Waals surface area (Å²) < 4.78 is 0. The Labute approximate surface area is 164 Å². The number of piperidine rings is 1. The van der Waals surface area contributed by atoms with E-state index < -0.39 is 0 Å². The molecule has 0 bridgehead atoms. The third kappa shape index (κ3) is 4.33. The minimum atomic E-state index is -0.361. The zero-order chi connectivity index (χ0) is 19.5. The van der Waals surface area contributed by atoms with Crippen LogP contribution >= 0.6 is 0 Å². The number of aliphatic hydroxyl groups is 1. The van der Waals surface area contributed by atoms with Crippen LogP contribution in [0.1, 0.15) is 59.8 Å². The molecule has 6 nitrogen and oxygen atoms in total. The third-order valence-corrected chi connectivity index (χ3v) is 5.96. The number of H-pyrrole nitrogens is 1. The normalized spacial score (nSPS) is 18.8. The highest BCUT2D eigenvalue weighted by molar-refractivity contribution is 5.93. The number of aryl methyl sites for hydroxylation is 1. The molecule has 2 fully saturated rings. The maximum absolute atomic E-state index is 12.7. The molecule has 2 heterocycles. The number of carbonyl (C=O) groups excluding carboxylic acids is 1. The quantitative estimate of drug-likeness (QED) is 0.805. The summed E-state index contributed by atoms with van der Waals surface area (Å²) in [5.74, 6) is 0.988. The molecule has 0 radical (unpaired) electrons. The zero-order valence-corrected chi connectivity index (χ0v) is 16.0. The van der Waals surface area contributed by atoms with Crippen LogP contribution < -0.4 is 5.56 Å². The molecular weight excluding hydrogens is 354 g/mol. The number of aromatic amines is 1. The van der Waals surface area contributed by atoms with E-state index in [0.717, 1.165) is 38.5 Å². The summed E-state index contributed by atoms with van der Waals surface area (Å²) in [6, 6.07) is 10.2. The van der Waals surface area contributed by atoms with Gasteiger partial charge in [0.15, 0.2) is 0 Å². The van der Waals surface area contributed by atoms with Crippen LogP contribution in [0.15, 0.2) is 41.3 Å². The molecule has 0 spiro atoms. The first-order valence-corrected chi connectivity index (χ1v) is 10.2. The van der Waals surface area contributed by atoms with Crippen LogP contribution in [0.4, 0.5) is 0 Å². The number of aromatic nitrogens is 2. The Balaban J connectivity index is 1.29. The Morgan fingerprint density at radius 2 is 1.89 bits per heavy atom. The lowest BCUT2D eigenvalue weighted by atomic mass is 9.88. The summed E-state index contributed by atoms with van der Waals surface area (Å²) in [7, 11) is 0. The number of benzene rings is 1. The van der Waals surface area contributed by atoms with Gasteiger partial charge in [0.05, 0.1) is 6.10 Å². The summed E-state index contributed by atoms with van der Waals surface area (Å²) in [4.78, 5) is 33.7. The highest BCUT2D eigenvalue weighted by atomic mass is 16.3. The minimum absolute atomic E-state index is 0.118. The molecule has 2 N–H and O–H groups in total. The Morgan fingerprint density at radius 3 is 2.54 bits per heavy atom. The molecule has 1 saturated heterocycles. The Bertz CT molecular complexity index is 868. The summed E-state index contributed by atoms with van der Waals surface area (Å²) in [6.45, 7) is 1.13. The number of nitrogens with one attached hydrogen (secondary N) is 1. The first-order valence-electron chi connectivity index (χ1n) is 10.2. The van der Waals surface area contributed by atoms with Crippen molar-refractivity contribution < 1.29 is 9.90 Å².